The van der Waals surface area contributed by atoms with Gasteiger partial charge in [0.25, 0.3) is 0 Å². The number of nitrogens with two attached hydrogens (primary N) is 1. The molecule has 0 atom stereocenters. The zero-order valence-electron chi connectivity index (χ0n) is 7.12. The van der Waals surface area contributed by atoms with Crippen molar-refractivity contribution in [3.63, 3.8) is 0 Å². The lowest BCUT2D eigenvalue weighted by Crippen LogP contribution is -1.98. The van der Waals surface area contributed by atoms with E-state index < -0.39 is 0 Å². The van der Waals surface area contributed by atoms with E-state index in [1.165, 1.54) is 0 Å². The summed E-state index contributed by atoms with van der Waals surface area (Å²) < 4.78 is 0. The summed E-state index contributed by atoms with van der Waals surface area (Å²) in [5.74, 6) is 0.0923. The van der Waals surface area contributed by atoms with Gasteiger partial charge in [-0.15, -0.1) is 0 Å². The Morgan fingerprint density at radius 3 is 2.83 bits per heavy atom. The molecule has 0 spiro atoms. The van der Waals surface area contributed by atoms with Gasteiger partial charge in [-0.3, -0.25) is 0 Å². The monoisotopic (exact) mass is 167 g/mol. The van der Waals surface area contributed by atoms with Crippen molar-refractivity contribution in [1.29, 1.82) is 0 Å². The quantitative estimate of drug-likeness (QED) is 0.707. The van der Waals surface area contributed by atoms with E-state index in [1.807, 2.05) is 0 Å². The summed E-state index contributed by atoms with van der Waals surface area (Å²) in [6.45, 7) is 2.10. The van der Waals surface area contributed by atoms with Gasteiger partial charge >= 0.3 is 0 Å². The molecule has 1 heterocycles. The zero-order chi connectivity index (χ0) is 8.97. The molecule has 0 bridgehead atoms. The average Bonchev–Trinajstić information content (AvgIpc) is 1.99. The van der Waals surface area contributed by atoms with E-state index in [-0.39, 0.29) is 11.8 Å². The third-order valence-electron chi connectivity index (χ3n) is 1.57. The van der Waals surface area contributed by atoms with Crippen LogP contribution in [-0.2, 0) is 6.42 Å². The summed E-state index contributed by atoms with van der Waals surface area (Å²) in [6, 6.07) is 1.55. The Morgan fingerprint density at radius 2 is 2.25 bits per heavy atom. The van der Waals surface area contributed by atoms with E-state index in [9.17, 15) is 0 Å². The molecule has 0 unspecified atom stereocenters. The molecule has 1 rings (SSSR count). The second kappa shape index (κ2) is 3.90. The number of hydrogen-bond acceptors (Lipinski definition) is 4. The Kier molecular flexibility index (Phi) is 2.85. The van der Waals surface area contributed by atoms with Gasteiger partial charge < -0.3 is 10.8 Å². The first-order valence-corrected chi connectivity index (χ1v) is 4.04. The lowest BCUT2D eigenvalue weighted by molar-refractivity contribution is 0.451. The van der Waals surface area contributed by atoms with E-state index in [1.54, 1.807) is 6.07 Å². The third kappa shape index (κ3) is 2.38. The van der Waals surface area contributed by atoms with Crippen molar-refractivity contribution in [3.8, 4) is 5.88 Å². The number of nitrogens with zero attached hydrogens (tertiary/aromatic N) is 2. The van der Waals surface area contributed by atoms with Crippen LogP contribution in [0.1, 0.15) is 25.5 Å². The fourth-order valence-corrected chi connectivity index (χ4v) is 0.989. The molecule has 0 aliphatic carbocycles. The minimum Gasteiger partial charge on any atom is -0.493 e. The fourth-order valence-electron chi connectivity index (χ4n) is 0.989. The predicted octanol–water partition coefficient (Wildman–Crippen LogP) is 1.11. The lowest BCUT2D eigenvalue weighted by atomic mass is 10.2. The van der Waals surface area contributed by atoms with Crippen LogP contribution >= 0.6 is 0 Å². The van der Waals surface area contributed by atoms with Crippen molar-refractivity contribution < 1.29 is 5.11 Å². The van der Waals surface area contributed by atoms with Crippen LogP contribution < -0.4 is 5.73 Å². The molecule has 1 aromatic heterocycles. The molecule has 0 amide bonds. The maximum atomic E-state index is 9.06. The Bertz CT molecular complexity index is 242. The van der Waals surface area contributed by atoms with Crippen molar-refractivity contribution in [2.75, 3.05) is 5.73 Å². The Balaban J connectivity index is 2.72. The second-order valence-corrected chi connectivity index (χ2v) is 2.68. The number of unbranched alkanes of at least 4 members (excludes halogenated alkanes) is 1. The lowest BCUT2D eigenvalue weighted by Gasteiger charge is -2.00. The van der Waals surface area contributed by atoms with Crippen LogP contribution in [0.25, 0.3) is 0 Å². The maximum Gasteiger partial charge on any atom is 0.223 e. The summed E-state index contributed by atoms with van der Waals surface area (Å²) in [5, 5.41) is 9.06. The molecule has 0 aromatic carbocycles. The Labute approximate surface area is 71.5 Å². The molecule has 4 heteroatoms. The first kappa shape index (κ1) is 8.77. The van der Waals surface area contributed by atoms with Crippen molar-refractivity contribution in [1.82, 2.24) is 9.97 Å². The Morgan fingerprint density at radius 1 is 1.50 bits per heavy atom. The van der Waals surface area contributed by atoms with Gasteiger partial charge in [-0.05, 0) is 12.8 Å². The number of aryl methyl sites for hydroxylation is 1. The topological polar surface area (TPSA) is 72.0 Å². The summed E-state index contributed by atoms with van der Waals surface area (Å²) in [7, 11) is 0. The number of aromatic nitrogens is 2. The number of aromatic hydroxyl groups is 1. The van der Waals surface area contributed by atoms with Crippen molar-refractivity contribution >= 4 is 5.95 Å². The first-order valence-electron chi connectivity index (χ1n) is 4.04. The average molecular weight is 167 g/mol. The minimum atomic E-state index is -0.0476. The van der Waals surface area contributed by atoms with Crippen LogP contribution in [0.2, 0.25) is 0 Å². The van der Waals surface area contributed by atoms with E-state index in [0.29, 0.717) is 0 Å². The summed E-state index contributed by atoms with van der Waals surface area (Å²) in [4.78, 5) is 7.54. The SMILES string of the molecule is CCCCc1cc(O)nc(N)n1. The normalized spacial score (nSPS) is 10.1. The fraction of sp³-hybridized carbons (Fsp3) is 0.500. The highest BCUT2D eigenvalue weighted by molar-refractivity contribution is 5.25. The van der Waals surface area contributed by atoms with Crippen molar-refractivity contribution in [2.45, 2.75) is 26.2 Å². The predicted molar refractivity (Wildman–Crippen MR) is 46.7 cm³/mol. The zero-order valence-corrected chi connectivity index (χ0v) is 7.12. The van der Waals surface area contributed by atoms with Gasteiger partial charge in [-0.2, -0.15) is 4.98 Å². The molecule has 3 N–H and O–H groups in total. The molecule has 0 saturated carbocycles. The third-order valence-corrected chi connectivity index (χ3v) is 1.57. The smallest absolute Gasteiger partial charge is 0.223 e. The van der Waals surface area contributed by atoms with Crippen molar-refractivity contribution in [3.05, 3.63) is 11.8 Å². The molecule has 0 radical (unpaired) electrons. The van der Waals surface area contributed by atoms with Crippen LogP contribution in [0.15, 0.2) is 6.07 Å². The van der Waals surface area contributed by atoms with E-state index in [2.05, 4.69) is 16.9 Å². The van der Waals surface area contributed by atoms with Crippen molar-refractivity contribution in [2.24, 2.45) is 0 Å². The van der Waals surface area contributed by atoms with Gasteiger partial charge in [-0.1, -0.05) is 13.3 Å². The maximum absolute atomic E-state index is 9.06. The van der Waals surface area contributed by atoms with Gasteiger partial charge in [0.1, 0.15) is 0 Å². The highest BCUT2D eigenvalue weighted by Gasteiger charge is 1.99. The molecular formula is C8H13N3O. The number of anilines is 1. The first-order chi connectivity index (χ1) is 5.72. The van der Waals surface area contributed by atoms with Gasteiger partial charge in [0.2, 0.25) is 11.8 Å². The highest BCUT2D eigenvalue weighted by atomic mass is 16.3. The van der Waals surface area contributed by atoms with Crippen LogP contribution in [0.5, 0.6) is 5.88 Å². The Hall–Kier alpha value is -1.32. The van der Waals surface area contributed by atoms with Gasteiger partial charge in [0, 0.05) is 11.8 Å². The summed E-state index contributed by atoms with van der Waals surface area (Å²) >= 11 is 0. The molecule has 0 aliphatic rings. The molecule has 0 fully saturated rings. The standard InChI is InChI=1S/C8H13N3O/c1-2-3-4-6-5-7(12)11-8(9)10-6/h5H,2-4H2,1H3,(H3,9,10,11,12). The molecule has 66 valence electrons. The number of nitrogen functional groups attached to an aromatic ring is 1. The highest BCUT2D eigenvalue weighted by Crippen LogP contribution is 2.10. The van der Waals surface area contributed by atoms with Gasteiger partial charge in [-0.25, -0.2) is 4.98 Å². The molecule has 1 aromatic rings. The van der Waals surface area contributed by atoms with Crippen LogP contribution in [0.3, 0.4) is 0 Å². The van der Waals surface area contributed by atoms with Gasteiger partial charge in [0.05, 0.1) is 0 Å². The van der Waals surface area contributed by atoms with Crippen LogP contribution in [-0.4, -0.2) is 15.1 Å². The van der Waals surface area contributed by atoms with Gasteiger partial charge in [0.15, 0.2) is 0 Å². The molecule has 0 saturated heterocycles. The van der Waals surface area contributed by atoms with E-state index in [0.717, 1.165) is 25.0 Å². The van der Waals surface area contributed by atoms with Crippen LogP contribution in [0, 0.1) is 0 Å². The number of hydrogen-bond donors (Lipinski definition) is 2. The molecule has 0 aliphatic heterocycles. The molecular weight excluding hydrogens is 154 g/mol. The second-order valence-electron chi connectivity index (χ2n) is 2.68. The van der Waals surface area contributed by atoms with Crippen LogP contribution in [0.4, 0.5) is 5.95 Å². The molecule has 4 nitrogen and oxygen atoms in total. The minimum absolute atomic E-state index is 0.0476. The summed E-state index contributed by atoms with van der Waals surface area (Å²) in [5.41, 5.74) is 6.16. The molecule has 12 heavy (non-hydrogen) atoms. The number of rotatable bonds is 3. The summed E-state index contributed by atoms with van der Waals surface area (Å²) in [6.07, 6.45) is 3.00. The largest absolute Gasteiger partial charge is 0.493 e. The van der Waals surface area contributed by atoms with E-state index in [4.69, 9.17) is 10.8 Å². The van der Waals surface area contributed by atoms with E-state index >= 15 is 0 Å².